The molecule has 2 fully saturated rings. The van der Waals surface area contributed by atoms with Gasteiger partial charge in [-0.3, -0.25) is 9.59 Å². The van der Waals surface area contributed by atoms with Crippen molar-refractivity contribution in [2.45, 2.75) is 84.5 Å². The van der Waals surface area contributed by atoms with E-state index in [0.717, 1.165) is 56.9 Å². The lowest BCUT2D eigenvalue weighted by atomic mass is 10.0. The molecule has 0 radical (unpaired) electrons. The molecule has 46 heavy (non-hydrogen) atoms. The fourth-order valence-electron chi connectivity index (χ4n) is 5.89. The molecule has 10 nitrogen and oxygen atoms in total. The average molecular weight is 650 g/mol. The predicted octanol–water partition coefficient (Wildman–Crippen LogP) is 5.25. The molecule has 1 unspecified atom stereocenters. The fraction of sp³-hybridized carbons (Fsp3) is 0.543. The van der Waals surface area contributed by atoms with E-state index in [0.29, 0.717) is 52.2 Å². The Morgan fingerprint density at radius 3 is 2.48 bits per heavy atom. The number of carbonyl (C=O) groups is 3. The number of likely N-dealkylation sites (tertiary alicyclic amines) is 1. The number of carbonyl (C=O) groups excluding carboxylic acids is 3. The fourth-order valence-corrected chi connectivity index (χ4v) is 7.01. The topological polar surface area (TPSA) is 113 Å². The summed E-state index contributed by atoms with van der Waals surface area (Å²) in [4.78, 5) is 48.7. The Balaban J connectivity index is 1.07. The number of nitrogens with one attached hydrogen (secondary N) is 2. The zero-order valence-corrected chi connectivity index (χ0v) is 28.5. The van der Waals surface area contributed by atoms with E-state index in [1.165, 1.54) is 11.3 Å². The standard InChI is InChI=1S/C35H47N5O5S/c1-6-7-25-10-13-28-23(2)30(46-33(28)38-25)32(42)36-17-14-24-8-11-27(12-9-24)40-20-21-44-29(22-40)31(41)37-26-15-18-39(19-16-26)34(43)45-35(3,4)5/h8-13,26,29H,6-7,14-22H2,1-5H3,(H,36,42)(H,37,41). The van der Waals surface area contributed by atoms with Gasteiger partial charge in [0.1, 0.15) is 10.4 Å². The Labute approximate surface area is 275 Å². The van der Waals surface area contributed by atoms with Gasteiger partial charge in [0.2, 0.25) is 0 Å². The molecule has 4 heterocycles. The maximum Gasteiger partial charge on any atom is 0.410 e. The van der Waals surface area contributed by atoms with Gasteiger partial charge in [-0.2, -0.15) is 0 Å². The van der Waals surface area contributed by atoms with Crippen molar-refractivity contribution in [1.29, 1.82) is 0 Å². The molecule has 2 aromatic heterocycles. The second-order valence-electron chi connectivity index (χ2n) is 13.2. The molecule has 11 heteroatoms. The van der Waals surface area contributed by atoms with Crippen molar-refractivity contribution in [2.75, 3.05) is 44.2 Å². The summed E-state index contributed by atoms with van der Waals surface area (Å²) in [6, 6.07) is 12.4. The molecule has 3 aromatic rings. The van der Waals surface area contributed by atoms with Gasteiger partial charge in [-0.15, -0.1) is 11.3 Å². The number of anilines is 1. The Morgan fingerprint density at radius 2 is 1.78 bits per heavy atom. The van der Waals surface area contributed by atoms with Crippen LogP contribution < -0.4 is 15.5 Å². The Morgan fingerprint density at radius 1 is 1.04 bits per heavy atom. The van der Waals surface area contributed by atoms with Gasteiger partial charge >= 0.3 is 6.09 Å². The van der Waals surface area contributed by atoms with E-state index in [9.17, 15) is 14.4 Å². The minimum atomic E-state index is -0.557. The number of thiophene rings is 1. The monoisotopic (exact) mass is 649 g/mol. The van der Waals surface area contributed by atoms with E-state index in [1.54, 1.807) is 4.90 Å². The number of aryl methyl sites for hydroxylation is 2. The number of ether oxygens (including phenoxy) is 2. The number of hydrogen-bond donors (Lipinski definition) is 2. The van der Waals surface area contributed by atoms with Crippen molar-refractivity contribution in [2.24, 2.45) is 0 Å². The minimum Gasteiger partial charge on any atom is -0.444 e. The highest BCUT2D eigenvalue weighted by atomic mass is 32.1. The third-order valence-electron chi connectivity index (χ3n) is 8.43. The third-order valence-corrected chi connectivity index (χ3v) is 9.63. The molecule has 1 atom stereocenters. The first-order valence-electron chi connectivity index (χ1n) is 16.4. The molecule has 1 aromatic carbocycles. The van der Waals surface area contributed by atoms with Gasteiger partial charge in [0.05, 0.1) is 18.0 Å². The molecular weight excluding hydrogens is 602 g/mol. The summed E-state index contributed by atoms with van der Waals surface area (Å²) in [6.07, 6.45) is 3.21. The van der Waals surface area contributed by atoms with E-state index in [4.69, 9.17) is 14.5 Å². The lowest BCUT2D eigenvalue weighted by molar-refractivity contribution is -0.134. The van der Waals surface area contributed by atoms with Crippen LogP contribution in [0.25, 0.3) is 10.2 Å². The molecule has 248 valence electrons. The maximum atomic E-state index is 13.1. The van der Waals surface area contributed by atoms with Crippen LogP contribution in [0.1, 0.15) is 73.4 Å². The van der Waals surface area contributed by atoms with E-state index >= 15 is 0 Å². The number of rotatable bonds is 9. The maximum absolute atomic E-state index is 13.1. The van der Waals surface area contributed by atoms with E-state index in [-0.39, 0.29) is 23.9 Å². The van der Waals surface area contributed by atoms with Crippen molar-refractivity contribution in [1.82, 2.24) is 20.5 Å². The zero-order chi connectivity index (χ0) is 32.8. The number of benzene rings is 1. The molecule has 0 bridgehead atoms. The lowest BCUT2D eigenvalue weighted by Gasteiger charge is -2.36. The zero-order valence-electron chi connectivity index (χ0n) is 27.7. The number of aromatic nitrogens is 1. The molecule has 0 spiro atoms. The SMILES string of the molecule is CCCc1ccc2c(C)c(C(=O)NCCc3ccc(N4CCOC(C(=O)NC5CCN(C(=O)OC(C)(C)C)CC5)C4)cc3)sc2n1. The first-order chi connectivity index (χ1) is 22.0. The normalized spacial score (nSPS) is 17.6. The van der Waals surface area contributed by atoms with Crippen LogP contribution in [0.15, 0.2) is 36.4 Å². The highest BCUT2D eigenvalue weighted by Crippen LogP contribution is 2.30. The quantitative estimate of drug-likeness (QED) is 0.326. The first kappa shape index (κ1) is 33.7. The number of fused-ring (bicyclic) bond motifs is 1. The van der Waals surface area contributed by atoms with Gasteiger partial charge in [0, 0.05) is 49.0 Å². The van der Waals surface area contributed by atoms with Crippen LogP contribution in [0.3, 0.4) is 0 Å². The number of amides is 3. The molecule has 0 aliphatic carbocycles. The Bertz CT molecular complexity index is 1520. The van der Waals surface area contributed by atoms with Gasteiger partial charge in [-0.05, 0) is 88.8 Å². The van der Waals surface area contributed by atoms with Crippen molar-refractivity contribution >= 4 is 45.1 Å². The van der Waals surface area contributed by atoms with Crippen LogP contribution in [0.2, 0.25) is 0 Å². The highest BCUT2D eigenvalue weighted by Gasteiger charge is 2.31. The van der Waals surface area contributed by atoms with E-state index in [1.807, 2.05) is 27.7 Å². The average Bonchev–Trinajstić information content (AvgIpc) is 3.36. The van der Waals surface area contributed by atoms with Crippen molar-refractivity contribution < 1.29 is 23.9 Å². The van der Waals surface area contributed by atoms with Crippen LogP contribution >= 0.6 is 11.3 Å². The molecule has 2 aliphatic heterocycles. The Hall–Kier alpha value is -3.70. The predicted molar refractivity (Wildman–Crippen MR) is 182 cm³/mol. The van der Waals surface area contributed by atoms with Crippen LogP contribution in [0, 0.1) is 6.92 Å². The number of nitrogens with zero attached hydrogens (tertiary/aromatic N) is 3. The lowest BCUT2D eigenvalue weighted by Crippen LogP contribution is -2.54. The molecule has 2 N–H and O–H groups in total. The number of morpholine rings is 1. The summed E-state index contributed by atoms with van der Waals surface area (Å²) in [7, 11) is 0. The summed E-state index contributed by atoms with van der Waals surface area (Å²) in [5.41, 5.74) is 3.69. The van der Waals surface area contributed by atoms with Crippen molar-refractivity contribution in [3.05, 3.63) is 58.1 Å². The van der Waals surface area contributed by atoms with Gasteiger partial charge in [-0.25, -0.2) is 9.78 Å². The summed E-state index contributed by atoms with van der Waals surface area (Å²) in [5, 5.41) is 7.27. The molecule has 2 aliphatic rings. The third kappa shape index (κ3) is 8.55. The number of hydrogen-bond acceptors (Lipinski definition) is 8. The first-order valence-corrected chi connectivity index (χ1v) is 17.2. The largest absolute Gasteiger partial charge is 0.444 e. The number of piperidine rings is 1. The molecule has 2 saturated heterocycles. The molecular formula is C35H47N5O5S. The molecule has 5 rings (SSSR count). The smallest absolute Gasteiger partial charge is 0.410 e. The summed E-state index contributed by atoms with van der Waals surface area (Å²) < 4.78 is 11.3. The summed E-state index contributed by atoms with van der Waals surface area (Å²) in [5.74, 6) is -0.167. The molecule has 0 saturated carbocycles. The van der Waals surface area contributed by atoms with Gasteiger partial charge < -0.3 is 29.9 Å². The number of pyridine rings is 1. The Kier molecular flexibility index (Phi) is 10.8. The van der Waals surface area contributed by atoms with Crippen LogP contribution in [-0.4, -0.2) is 84.9 Å². The summed E-state index contributed by atoms with van der Waals surface area (Å²) in [6.45, 7) is 13.0. The minimum absolute atomic E-state index is 0.00282. The van der Waals surface area contributed by atoms with E-state index < -0.39 is 11.7 Å². The van der Waals surface area contributed by atoms with Gasteiger partial charge in [-0.1, -0.05) is 25.5 Å². The van der Waals surface area contributed by atoms with Gasteiger partial charge in [0.15, 0.2) is 6.10 Å². The van der Waals surface area contributed by atoms with Gasteiger partial charge in [0.25, 0.3) is 11.8 Å². The highest BCUT2D eigenvalue weighted by molar-refractivity contribution is 7.20. The van der Waals surface area contributed by atoms with Crippen molar-refractivity contribution in [3.8, 4) is 0 Å². The second kappa shape index (κ2) is 14.8. The summed E-state index contributed by atoms with van der Waals surface area (Å²) >= 11 is 1.46. The van der Waals surface area contributed by atoms with Crippen molar-refractivity contribution in [3.63, 3.8) is 0 Å². The molecule has 3 amide bonds. The van der Waals surface area contributed by atoms with Crippen LogP contribution in [-0.2, 0) is 27.1 Å². The second-order valence-corrected chi connectivity index (χ2v) is 14.2. The van der Waals surface area contributed by atoms with Crippen LogP contribution in [0.5, 0.6) is 0 Å². The van der Waals surface area contributed by atoms with Crippen LogP contribution in [0.4, 0.5) is 10.5 Å². The van der Waals surface area contributed by atoms with E-state index in [2.05, 4.69) is 58.9 Å².